The molecule has 6 nitrogen and oxygen atoms in total. The van der Waals surface area contributed by atoms with Crippen molar-refractivity contribution in [1.82, 2.24) is 9.97 Å². The molecule has 7 heteroatoms. The smallest absolute Gasteiger partial charge is 0.244 e. The lowest BCUT2D eigenvalue weighted by Crippen LogP contribution is -2.42. The van der Waals surface area contributed by atoms with Crippen molar-refractivity contribution >= 4 is 35.4 Å². The van der Waals surface area contributed by atoms with Crippen molar-refractivity contribution in [3.05, 3.63) is 4.77 Å². The Morgan fingerprint density at radius 1 is 1.23 bits per heavy atom. The first-order chi connectivity index (χ1) is 10.6. The number of H-pyrrole nitrogens is 1. The number of aromatic amines is 1. The fourth-order valence-electron chi connectivity index (χ4n) is 3.44. The summed E-state index contributed by atoms with van der Waals surface area (Å²) in [5.74, 6) is 1.66. The minimum atomic E-state index is -0.0441. The van der Waals surface area contributed by atoms with Gasteiger partial charge >= 0.3 is 0 Å². The Morgan fingerprint density at radius 2 is 1.91 bits per heavy atom. The maximum atomic E-state index is 12.0. The summed E-state index contributed by atoms with van der Waals surface area (Å²) in [6.07, 6.45) is 9.01. The molecule has 0 radical (unpaired) electrons. The molecule has 22 heavy (non-hydrogen) atoms. The summed E-state index contributed by atoms with van der Waals surface area (Å²) < 4.78 is 0.357. The first-order valence-electron chi connectivity index (χ1n) is 8.08. The number of hydrogen-bond donors (Lipinski definition) is 3. The number of anilines is 3. The lowest BCUT2D eigenvalue weighted by Gasteiger charge is -2.33. The molecular weight excluding hydrogens is 298 g/mol. The molecule has 0 spiro atoms. The van der Waals surface area contributed by atoms with Gasteiger partial charge in [-0.3, -0.25) is 4.79 Å². The quantitative estimate of drug-likeness (QED) is 0.729. The molecule has 120 valence electrons. The van der Waals surface area contributed by atoms with Gasteiger partial charge in [-0.05, 0) is 31.0 Å². The molecule has 1 aromatic rings. The Kier molecular flexibility index (Phi) is 4.61. The minimum absolute atomic E-state index is 0.0441. The summed E-state index contributed by atoms with van der Waals surface area (Å²) in [6.45, 7) is 1.18. The first kappa shape index (κ1) is 15.3. The van der Waals surface area contributed by atoms with E-state index in [0.717, 1.165) is 6.54 Å². The third kappa shape index (κ3) is 3.40. The predicted octanol–water partition coefficient (Wildman–Crippen LogP) is 2.84. The second kappa shape index (κ2) is 6.64. The second-order valence-corrected chi connectivity index (χ2v) is 6.68. The van der Waals surface area contributed by atoms with Crippen molar-refractivity contribution in [2.24, 2.45) is 5.92 Å². The molecule has 0 saturated heterocycles. The molecule has 0 atom stereocenters. The highest BCUT2D eigenvalue weighted by Gasteiger charge is 2.27. The molecule has 1 amide bonds. The molecule has 0 unspecified atom stereocenters. The van der Waals surface area contributed by atoms with Gasteiger partial charge in [-0.25, -0.2) is 4.98 Å². The zero-order valence-corrected chi connectivity index (χ0v) is 13.5. The van der Waals surface area contributed by atoms with E-state index in [0.29, 0.717) is 34.6 Å². The summed E-state index contributed by atoms with van der Waals surface area (Å²) >= 11 is 5.13. The number of amides is 1. The van der Waals surface area contributed by atoms with Crippen LogP contribution in [0.5, 0.6) is 0 Å². The van der Waals surface area contributed by atoms with Crippen LogP contribution in [0.3, 0.4) is 0 Å². The second-order valence-electron chi connectivity index (χ2n) is 6.29. The maximum absolute atomic E-state index is 12.0. The first-order valence-corrected chi connectivity index (χ1v) is 8.49. The number of aromatic nitrogens is 2. The van der Waals surface area contributed by atoms with Gasteiger partial charge in [-0.15, -0.1) is 0 Å². The maximum Gasteiger partial charge on any atom is 0.244 e. The summed E-state index contributed by atoms with van der Waals surface area (Å²) in [6, 6.07) is 0. The fourth-order valence-corrected chi connectivity index (χ4v) is 3.64. The zero-order valence-electron chi connectivity index (χ0n) is 12.7. The molecule has 1 aliphatic heterocycles. The Morgan fingerprint density at radius 3 is 2.64 bits per heavy atom. The van der Waals surface area contributed by atoms with Crippen LogP contribution in [-0.4, -0.2) is 29.0 Å². The van der Waals surface area contributed by atoms with Crippen LogP contribution in [0.2, 0.25) is 0 Å². The molecule has 1 fully saturated rings. The van der Waals surface area contributed by atoms with Crippen molar-refractivity contribution < 1.29 is 4.79 Å². The monoisotopic (exact) mass is 321 g/mol. The van der Waals surface area contributed by atoms with Crippen molar-refractivity contribution in [3.8, 4) is 0 Å². The molecular formula is C15H23N5OS. The van der Waals surface area contributed by atoms with E-state index >= 15 is 0 Å². The number of fused-ring (bicyclic) bond motifs is 1. The Labute approximate surface area is 135 Å². The third-order valence-corrected chi connectivity index (χ3v) is 4.74. The zero-order chi connectivity index (χ0) is 15.5. The Balaban J connectivity index is 1.82. The van der Waals surface area contributed by atoms with Crippen molar-refractivity contribution in [3.63, 3.8) is 0 Å². The largest absolute Gasteiger partial charge is 0.383 e. The number of nitrogens with zero attached hydrogens (tertiary/aromatic N) is 2. The van der Waals surface area contributed by atoms with Gasteiger partial charge in [-0.2, -0.15) is 0 Å². The van der Waals surface area contributed by atoms with Crippen molar-refractivity contribution in [2.45, 2.75) is 44.9 Å². The number of rotatable bonds is 2. The van der Waals surface area contributed by atoms with Crippen LogP contribution in [0.15, 0.2) is 0 Å². The van der Waals surface area contributed by atoms with E-state index in [4.69, 9.17) is 18.0 Å². The van der Waals surface area contributed by atoms with Gasteiger partial charge in [0.1, 0.15) is 11.5 Å². The molecule has 1 saturated carbocycles. The highest BCUT2D eigenvalue weighted by atomic mass is 32.1. The lowest BCUT2D eigenvalue weighted by atomic mass is 9.90. The molecule has 1 aliphatic carbocycles. The lowest BCUT2D eigenvalue weighted by molar-refractivity contribution is -0.115. The van der Waals surface area contributed by atoms with Crippen molar-refractivity contribution in [2.75, 3.05) is 29.0 Å². The van der Waals surface area contributed by atoms with E-state index in [1.54, 1.807) is 0 Å². The fraction of sp³-hybridized carbons (Fsp3) is 0.667. The molecule has 0 bridgehead atoms. The number of nitrogens with two attached hydrogens (primary N) is 1. The van der Waals surface area contributed by atoms with Crippen LogP contribution < -0.4 is 16.0 Å². The van der Waals surface area contributed by atoms with Crippen LogP contribution in [0.25, 0.3) is 0 Å². The highest BCUT2D eigenvalue weighted by Crippen LogP contribution is 2.33. The number of carbonyl (C=O) groups excluding carboxylic acids is 1. The van der Waals surface area contributed by atoms with Gasteiger partial charge in [0.15, 0.2) is 10.6 Å². The van der Waals surface area contributed by atoms with Crippen LogP contribution in [0.4, 0.5) is 17.3 Å². The van der Waals surface area contributed by atoms with Gasteiger partial charge in [0.25, 0.3) is 0 Å². The molecule has 0 aromatic carbocycles. The van der Waals surface area contributed by atoms with Gasteiger partial charge in [0.2, 0.25) is 5.91 Å². The number of nitrogens with one attached hydrogen (secondary N) is 2. The summed E-state index contributed by atoms with van der Waals surface area (Å²) in [5.41, 5.74) is 6.51. The average molecular weight is 321 g/mol. The molecule has 3 rings (SSSR count). The summed E-state index contributed by atoms with van der Waals surface area (Å²) in [7, 11) is 0. The number of hydrogen-bond acceptors (Lipinski definition) is 5. The van der Waals surface area contributed by atoms with E-state index < -0.39 is 0 Å². The normalized spacial score (nSPS) is 20.0. The average Bonchev–Trinajstić information content (AvgIpc) is 2.43. The number of carbonyl (C=O) groups is 1. The summed E-state index contributed by atoms with van der Waals surface area (Å²) in [4.78, 5) is 21.2. The van der Waals surface area contributed by atoms with Crippen LogP contribution in [0.1, 0.15) is 44.9 Å². The van der Waals surface area contributed by atoms with E-state index in [9.17, 15) is 4.79 Å². The van der Waals surface area contributed by atoms with Crippen LogP contribution in [0, 0.1) is 10.7 Å². The van der Waals surface area contributed by atoms with Gasteiger partial charge < -0.3 is 20.9 Å². The van der Waals surface area contributed by atoms with E-state index in [2.05, 4.69) is 15.3 Å². The molecule has 2 heterocycles. The van der Waals surface area contributed by atoms with Crippen LogP contribution in [-0.2, 0) is 4.79 Å². The van der Waals surface area contributed by atoms with Gasteiger partial charge in [0, 0.05) is 6.54 Å². The highest BCUT2D eigenvalue weighted by molar-refractivity contribution is 7.71. The Bertz CT molecular complexity index is 606. The van der Waals surface area contributed by atoms with E-state index in [1.165, 1.54) is 44.9 Å². The third-order valence-electron chi connectivity index (χ3n) is 4.54. The van der Waals surface area contributed by atoms with E-state index in [-0.39, 0.29) is 5.91 Å². The predicted molar refractivity (Wildman–Crippen MR) is 90.5 cm³/mol. The van der Waals surface area contributed by atoms with Gasteiger partial charge in [0.05, 0.1) is 6.54 Å². The molecule has 2 aliphatic rings. The van der Waals surface area contributed by atoms with Crippen LogP contribution >= 0.6 is 12.2 Å². The minimum Gasteiger partial charge on any atom is -0.383 e. The standard InChI is InChI=1S/C15H23N5OS/c16-13-12-14(19-15(22)18-13)20(9-11(21)17-12)8-10-6-4-2-1-3-5-7-10/h10H,1-9H2,(H,17,21)(H3,16,18,19,22). The SMILES string of the molecule is Nc1[nH]c(=S)nc2c1NC(=O)CN2CC1CCCCCCC1. The van der Waals surface area contributed by atoms with Crippen molar-refractivity contribution in [1.29, 1.82) is 0 Å². The van der Waals surface area contributed by atoms with Gasteiger partial charge in [-0.1, -0.05) is 32.1 Å². The molecule has 4 N–H and O–H groups in total. The van der Waals surface area contributed by atoms with E-state index in [1.807, 2.05) is 4.90 Å². The summed E-state index contributed by atoms with van der Waals surface area (Å²) in [5, 5.41) is 2.80. The number of nitrogen functional groups attached to an aromatic ring is 1. The Hall–Kier alpha value is -1.63. The molecule has 1 aromatic heterocycles. The topological polar surface area (TPSA) is 87.0 Å².